The second-order valence-electron chi connectivity index (χ2n) is 9.63. The smallest absolute Gasteiger partial charge is 0.393 e. The summed E-state index contributed by atoms with van der Waals surface area (Å²) in [5.41, 5.74) is 2.72. The number of benzene rings is 2. The van der Waals surface area contributed by atoms with E-state index in [-0.39, 0.29) is 18.6 Å². The number of carbonyl (C=O) groups is 1. The van der Waals surface area contributed by atoms with Gasteiger partial charge in [0, 0.05) is 49.1 Å². The summed E-state index contributed by atoms with van der Waals surface area (Å²) in [6, 6.07) is 12.8. The minimum atomic E-state index is -4.27. The zero-order chi connectivity index (χ0) is 27.7. The molecule has 204 valence electrons. The van der Waals surface area contributed by atoms with Crippen molar-refractivity contribution < 1.29 is 27.4 Å². The van der Waals surface area contributed by atoms with Gasteiger partial charge in [0.1, 0.15) is 11.6 Å². The van der Waals surface area contributed by atoms with Crippen molar-refractivity contribution in [2.45, 2.75) is 25.7 Å². The number of hydrogen-bond acceptors (Lipinski definition) is 6. The lowest BCUT2D eigenvalue weighted by Crippen LogP contribution is -2.54. The van der Waals surface area contributed by atoms with Crippen molar-refractivity contribution in [2.75, 3.05) is 32.6 Å². The Kier molecular flexibility index (Phi) is 7.17. The van der Waals surface area contributed by atoms with Crippen molar-refractivity contribution in [3.05, 3.63) is 66.6 Å². The third-order valence-electron chi connectivity index (χ3n) is 6.89. The Morgan fingerprint density at radius 3 is 2.59 bits per heavy atom. The van der Waals surface area contributed by atoms with E-state index in [1.165, 1.54) is 11.8 Å². The summed E-state index contributed by atoms with van der Waals surface area (Å²) in [6.45, 7) is 2.03. The number of likely N-dealkylation sites (tertiary alicyclic amines) is 1. The molecule has 1 fully saturated rings. The topological polar surface area (TPSA) is 81.5 Å². The SMILES string of the molecule is COc1cc(C(=O)N2CC(OC)C2)ccc1Nc1cc2cc(-c3cnn(CC(C)C(F)(F)F)c3)ccc2cn1. The minimum Gasteiger partial charge on any atom is -0.495 e. The van der Waals surface area contributed by atoms with Gasteiger partial charge in [-0.1, -0.05) is 19.1 Å². The van der Waals surface area contributed by atoms with Crippen molar-refractivity contribution in [1.29, 1.82) is 0 Å². The third kappa shape index (κ3) is 5.68. The molecule has 2 aromatic carbocycles. The van der Waals surface area contributed by atoms with Crippen LogP contribution >= 0.6 is 0 Å². The van der Waals surface area contributed by atoms with Gasteiger partial charge in [0.15, 0.2) is 0 Å². The van der Waals surface area contributed by atoms with E-state index in [1.54, 1.807) is 48.8 Å². The van der Waals surface area contributed by atoms with Crippen LogP contribution in [0.25, 0.3) is 21.9 Å². The molecule has 0 bridgehead atoms. The molecule has 1 aliphatic heterocycles. The molecule has 1 amide bonds. The van der Waals surface area contributed by atoms with Crippen molar-refractivity contribution in [3.63, 3.8) is 0 Å². The van der Waals surface area contributed by atoms with Crippen LogP contribution in [0.4, 0.5) is 24.7 Å². The van der Waals surface area contributed by atoms with Crippen molar-refractivity contribution in [2.24, 2.45) is 5.92 Å². The minimum absolute atomic E-state index is 0.0746. The molecule has 3 heterocycles. The molecular formula is C28H28F3N5O3. The first-order valence-electron chi connectivity index (χ1n) is 12.4. The van der Waals surface area contributed by atoms with Crippen LogP contribution in [0.1, 0.15) is 17.3 Å². The van der Waals surface area contributed by atoms with Gasteiger partial charge >= 0.3 is 6.18 Å². The predicted octanol–water partition coefficient (Wildman–Crippen LogP) is 5.52. The normalized spacial score (nSPS) is 14.8. The van der Waals surface area contributed by atoms with Gasteiger partial charge in [-0.2, -0.15) is 18.3 Å². The standard InChI is InChI=1S/C28H28F3N5O3/c1-17(28(29,30)31)13-36-14-22(12-33-36)18-4-5-20-11-32-26(10-21(20)8-18)34-24-7-6-19(9-25(24)39-3)27(37)35-15-23(16-35)38-2/h4-12,14,17,23H,13,15-16H2,1-3H3,(H,32,34). The van der Waals surface area contributed by atoms with Gasteiger partial charge in [-0.15, -0.1) is 0 Å². The number of fused-ring (bicyclic) bond motifs is 1. The van der Waals surface area contributed by atoms with E-state index < -0.39 is 12.1 Å². The van der Waals surface area contributed by atoms with Gasteiger partial charge in [0.2, 0.25) is 0 Å². The number of methoxy groups -OCH3 is 2. The van der Waals surface area contributed by atoms with Gasteiger partial charge in [-0.3, -0.25) is 9.48 Å². The number of nitrogens with zero attached hydrogens (tertiary/aromatic N) is 4. The van der Waals surface area contributed by atoms with E-state index in [0.717, 1.165) is 28.8 Å². The highest BCUT2D eigenvalue weighted by Crippen LogP contribution is 2.32. The molecule has 0 spiro atoms. The molecule has 1 aliphatic rings. The summed E-state index contributed by atoms with van der Waals surface area (Å²) in [4.78, 5) is 19.0. The molecule has 39 heavy (non-hydrogen) atoms. The first-order chi connectivity index (χ1) is 18.6. The van der Waals surface area contributed by atoms with Crippen LogP contribution < -0.4 is 10.1 Å². The predicted molar refractivity (Wildman–Crippen MR) is 141 cm³/mol. The molecule has 8 nitrogen and oxygen atoms in total. The number of anilines is 2. The largest absolute Gasteiger partial charge is 0.495 e. The van der Waals surface area contributed by atoms with Gasteiger partial charge in [0.05, 0.1) is 37.6 Å². The number of alkyl halides is 3. The van der Waals surface area contributed by atoms with Crippen LogP contribution in [0, 0.1) is 5.92 Å². The van der Waals surface area contributed by atoms with Gasteiger partial charge in [-0.05, 0) is 41.3 Å². The first-order valence-corrected chi connectivity index (χ1v) is 12.4. The second-order valence-corrected chi connectivity index (χ2v) is 9.63. The van der Waals surface area contributed by atoms with Gasteiger partial charge in [-0.25, -0.2) is 4.98 Å². The molecule has 1 unspecified atom stereocenters. The van der Waals surface area contributed by atoms with Crippen molar-refractivity contribution in [3.8, 4) is 16.9 Å². The van der Waals surface area contributed by atoms with Crippen LogP contribution in [0.2, 0.25) is 0 Å². The summed E-state index contributed by atoms with van der Waals surface area (Å²) in [6.07, 6.45) is 0.717. The molecule has 0 aliphatic carbocycles. The molecule has 0 radical (unpaired) electrons. The molecule has 1 atom stereocenters. The van der Waals surface area contributed by atoms with Crippen LogP contribution in [0.5, 0.6) is 5.75 Å². The van der Waals surface area contributed by atoms with Crippen LogP contribution in [-0.4, -0.2) is 65.2 Å². The summed E-state index contributed by atoms with van der Waals surface area (Å²) in [5.74, 6) is -0.511. The number of amides is 1. The highest BCUT2D eigenvalue weighted by molar-refractivity contribution is 5.96. The lowest BCUT2D eigenvalue weighted by molar-refractivity contribution is -0.173. The summed E-state index contributed by atoms with van der Waals surface area (Å²) < 4.78 is 50.9. The molecule has 0 saturated carbocycles. The second kappa shape index (κ2) is 10.6. The Balaban J connectivity index is 1.34. The highest BCUT2D eigenvalue weighted by atomic mass is 19.4. The van der Waals surface area contributed by atoms with E-state index in [1.807, 2.05) is 24.3 Å². The average molecular weight is 540 g/mol. The maximum Gasteiger partial charge on any atom is 0.393 e. The first kappa shape index (κ1) is 26.5. The van der Waals surface area contributed by atoms with Crippen LogP contribution in [-0.2, 0) is 11.3 Å². The number of pyridine rings is 1. The lowest BCUT2D eigenvalue weighted by Gasteiger charge is -2.38. The number of aromatic nitrogens is 3. The quantitative estimate of drug-likeness (QED) is 0.318. The molecule has 2 aromatic heterocycles. The Bertz CT molecular complexity index is 1500. The number of carbonyl (C=O) groups excluding carboxylic acids is 1. The maximum absolute atomic E-state index is 12.9. The fourth-order valence-corrected chi connectivity index (χ4v) is 4.39. The molecule has 11 heteroatoms. The molecule has 1 saturated heterocycles. The summed E-state index contributed by atoms with van der Waals surface area (Å²) in [7, 11) is 3.17. The fraction of sp³-hybridized carbons (Fsp3) is 0.321. The number of ether oxygens (including phenoxy) is 2. The number of halogens is 3. The van der Waals surface area contributed by atoms with Crippen molar-refractivity contribution >= 4 is 28.2 Å². The van der Waals surface area contributed by atoms with E-state index in [9.17, 15) is 18.0 Å². The molecular weight excluding hydrogens is 511 g/mol. The highest BCUT2D eigenvalue weighted by Gasteiger charge is 2.36. The molecule has 1 N–H and O–H groups in total. The number of rotatable bonds is 8. The summed E-state index contributed by atoms with van der Waals surface area (Å²) in [5, 5.41) is 9.15. The molecule has 5 rings (SSSR count). The zero-order valence-electron chi connectivity index (χ0n) is 21.7. The average Bonchev–Trinajstić information content (AvgIpc) is 3.35. The maximum atomic E-state index is 12.9. The Hall–Kier alpha value is -4.12. The van der Waals surface area contributed by atoms with E-state index in [2.05, 4.69) is 15.4 Å². The van der Waals surface area contributed by atoms with Gasteiger partial charge in [0.25, 0.3) is 5.91 Å². The Labute approximate surface area is 223 Å². The summed E-state index contributed by atoms with van der Waals surface area (Å²) >= 11 is 0. The van der Waals surface area contributed by atoms with Crippen molar-refractivity contribution in [1.82, 2.24) is 19.7 Å². The Morgan fingerprint density at radius 2 is 1.87 bits per heavy atom. The van der Waals surface area contributed by atoms with Gasteiger partial charge < -0.3 is 19.7 Å². The molecule has 4 aromatic rings. The van der Waals surface area contributed by atoms with E-state index >= 15 is 0 Å². The van der Waals surface area contributed by atoms with E-state index in [0.29, 0.717) is 35.9 Å². The lowest BCUT2D eigenvalue weighted by atomic mass is 10.0. The monoisotopic (exact) mass is 539 g/mol. The zero-order valence-corrected chi connectivity index (χ0v) is 21.7. The number of nitrogens with one attached hydrogen (secondary N) is 1. The third-order valence-corrected chi connectivity index (χ3v) is 6.89. The van der Waals surface area contributed by atoms with Crippen LogP contribution in [0.3, 0.4) is 0 Å². The number of hydrogen-bond donors (Lipinski definition) is 1. The van der Waals surface area contributed by atoms with E-state index in [4.69, 9.17) is 9.47 Å². The Morgan fingerprint density at radius 1 is 1.08 bits per heavy atom. The fourth-order valence-electron chi connectivity index (χ4n) is 4.39. The van der Waals surface area contributed by atoms with Crippen LogP contribution in [0.15, 0.2) is 61.1 Å².